The largest absolute Gasteiger partial charge is 0.467 e. The Morgan fingerprint density at radius 2 is 1.75 bits per heavy atom. The number of hydrogen-bond donors (Lipinski definition) is 2. The van der Waals surface area contributed by atoms with Crippen LogP contribution in [0.15, 0.2) is 70.2 Å². The Bertz CT molecular complexity index is 1080. The van der Waals surface area contributed by atoms with Crippen molar-refractivity contribution in [2.45, 2.75) is 24.8 Å². The van der Waals surface area contributed by atoms with Crippen LogP contribution in [-0.2, 0) is 10.0 Å². The van der Waals surface area contributed by atoms with Crippen molar-refractivity contribution in [3.05, 3.63) is 88.9 Å². The third-order valence-electron chi connectivity index (χ3n) is 4.68. The van der Waals surface area contributed by atoms with Crippen LogP contribution >= 0.6 is 0 Å². The first-order valence-corrected chi connectivity index (χ1v) is 10.3. The van der Waals surface area contributed by atoms with Gasteiger partial charge in [0.1, 0.15) is 11.8 Å². The van der Waals surface area contributed by atoms with Gasteiger partial charge in [-0.25, -0.2) is 13.1 Å². The minimum Gasteiger partial charge on any atom is -0.467 e. The Hall–Kier alpha value is -2.90. The standard InChI is InChI=1S/C21H22N2O4S/c1-14-12-17(13-19(15(14)2)28(25,26)22-3)21(24)23-20(18-10-7-11-27-18)16-8-5-4-6-9-16/h4-13,20,22H,1-3H3,(H,23,24). The minimum atomic E-state index is -3.68. The van der Waals surface area contributed by atoms with Crippen molar-refractivity contribution in [3.63, 3.8) is 0 Å². The number of carbonyl (C=O) groups is 1. The molecule has 146 valence electrons. The van der Waals surface area contributed by atoms with E-state index < -0.39 is 16.1 Å². The lowest BCUT2D eigenvalue weighted by Gasteiger charge is -2.18. The second-order valence-corrected chi connectivity index (χ2v) is 8.31. The first-order valence-electron chi connectivity index (χ1n) is 8.77. The van der Waals surface area contributed by atoms with Crippen molar-refractivity contribution in [2.75, 3.05) is 7.05 Å². The van der Waals surface area contributed by atoms with Crippen molar-refractivity contribution in [3.8, 4) is 0 Å². The fourth-order valence-electron chi connectivity index (χ4n) is 2.98. The number of aryl methyl sites for hydroxylation is 1. The first-order chi connectivity index (χ1) is 13.3. The summed E-state index contributed by atoms with van der Waals surface area (Å²) >= 11 is 0. The van der Waals surface area contributed by atoms with Gasteiger partial charge >= 0.3 is 0 Å². The molecule has 0 radical (unpaired) electrons. The molecule has 2 N–H and O–H groups in total. The van der Waals surface area contributed by atoms with Gasteiger partial charge in [0.05, 0.1) is 11.2 Å². The molecule has 0 aliphatic heterocycles. The smallest absolute Gasteiger partial charge is 0.252 e. The van der Waals surface area contributed by atoms with Crippen LogP contribution in [0.1, 0.15) is 38.9 Å². The summed E-state index contributed by atoms with van der Waals surface area (Å²) in [6.07, 6.45) is 1.55. The van der Waals surface area contributed by atoms with E-state index in [1.807, 2.05) is 30.3 Å². The van der Waals surface area contributed by atoms with Gasteiger partial charge in [-0.15, -0.1) is 0 Å². The number of amides is 1. The molecule has 0 spiro atoms. The normalized spacial score (nSPS) is 12.5. The highest BCUT2D eigenvalue weighted by molar-refractivity contribution is 7.89. The van der Waals surface area contributed by atoms with Gasteiger partial charge in [0.25, 0.3) is 5.91 Å². The van der Waals surface area contributed by atoms with E-state index in [0.717, 1.165) is 11.1 Å². The Balaban J connectivity index is 1.99. The predicted octanol–water partition coefficient (Wildman–Crippen LogP) is 3.32. The Labute approximate surface area is 164 Å². The molecule has 3 aromatic rings. The van der Waals surface area contributed by atoms with Gasteiger partial charge in [0.15, 0.2) is 0 Å². The number of sulfonamides is 1. The molecule has 0 fully saturated rings. The molecule has 1 atom stereocenters. The van der Waals surface area contributed by atoms with Gasteiger partial charge < -0.3 is 9.73 Å². The molecule has 2 aromatic carbocycles. The summed E-state index contributed by atoms with van der Waals surface area (Å²) in [7, 11) is -2.33. The van der Waals surface area contributed by atoms with E-state index >= 15 is 0 Å². The zero-order chi connectivity index (χ0) is 20.3. The van der Waals surface area contributed by atoms with Crippen LogP contribution < -0.4 is 10.0 Å². The molecule has 0 saturated carbocycles. The second kappa shape index (κ2) is 8.00. The van der Waals surface area contributed by atoms with E-state index in [0.29, 0.717) is 11.3 Å². The van der Waals surface area contributed by atoms with Crippen molar-refractivity contribution < 1.29 is 17.6 Å². The molecule has 6 nitrogen and oxygen atoms in total. The third-order valence-corrected chi connectivity index (χ3v) is 6.22. The van der Waals surface area contributed by atoms with Crippen LogP contribution in [0.2, 0.25) is 0 Å². The quantitative estimate of drug-likeness (QED) is 0.667. The summed E-state index contributed by atoms with van der Waals surface area (Å²) in [5.41, 5.74) is 2.45. The number of carbonyl (C=O) groups excluding carboxylic acids is 1. The molecular weight excluding hydrogens is 376 g/mol. The van der Waals surface area contributed by atoms with E-state index in [2.05, 4.69) is 10.0 Å². The van der Waals surface area contributed by atoms with E-state index in [4.69, 9.17) is 4.42 Å². The van der Waals surface area contributed by atoms with Crippen LogP contribution in [0, 0.1) is 13.8 Å². The molecule has 7 heteroatoms. The average molecular weight is 398 g/mol. The highest BCUT2D eigenvalue weighted by Crippen LogP contribution is 2.25. The van der Waals surface area contributed by atoms with Crippen molar-refractivity contribution in [1.29, 1.82) is 0 Å². The maximum atomic E-state index is 13.0. The zero-order valence-corrected chi connectivity index (χ0v) is 16.7. The lowest BCUT2D eigenvalue weighted by molar-refractivity contribution is 0.0938. The Morgan fingerprint density at radius 3 is 2.36 bits per heavy atom. The molecule has 0 saturated heterocycles. The van der Waals surface area contributed by atoms with Crippen molar-refractivity contribution >= 4 is 15.9 Å². The van der Waals surface area contributed by atoms with Crippen LogP contribution in [0.25, 0.3) is 0 Å². The maximum absolute atomic E-state index is 13.0. The molecule has 1 unspecified atom stereocenters. The SMILES string of the molecule is CNS(=O)(=O)c1cc(C(=O)NC(c2ccccc2)c2ccco2)cc(C)c1C. The fraction of sp³-hybridized carbons (Fsp3) is 0.190. The lowest BCUT2D eigenvalue weighted by atomic mass is 10.0. The predicted molar refractivity (Wildman–Crippen MR) is 107 cm³/mol. The van der Waals surface area contributed by atoms with Gasteiger partial charge in [-0.1, -0.05) is 30.3 Å². The minimum absolute atomic E-state index is 0.0920. The summed E-state index contributed by atoms with van der Waals surface area (Å²) in [5.74, 6) is 0.201. The Kier molecular flexibility index (Phi) is 5.67. The third kappa shape index (κ3) is 4.00. The summed E-state index contributed by atoms with van der Waals surface area (Å²) < 4.78 is 32.5. The fourth-order valence-corrected chi connectivity index (χ4v) is 4.05. The molecule has 1 heterocycles. The van der Waals surface area contributed by atoms with Crippen LogP contribution in [0.5, 0.6) is 0 Å². The zero-order valence-electron chi connectivity index (χ0n) is 15.9. The molecule has 3 rings (SSSR count). The molecule has 0 aliphatic carbocycles. The maximum Gasteiger partial charge on any atom is 0.252 e. The molecule has 1 aromatic heterocycles. The van der Waals surface area contributed by atoms with Crippen LogP contribution in [0.3, 0.4) is 0 Å². The van der Waals surface area contributed by atoms with Gasteiger partial charge in [0.2, 0.25) is 10.0 Å². The van der Waals surface area contributed by atoms with Gasteiger partial charge in [0, 0.05) is 5.56 Å². The highest BCUT2D eigenvalue weighted by Gasteiger charge is 2.23. The summed E-state index contributed by atoms with van der Waals surface area (Å²) in [6, 6.07) is 15.6. The van der Waals surface area contributed by atoms with Crippen molar-refractivity contribution in [1.82, 2.24) is 10.0 Å². The van der Waals surface area contributed by atoms with E-state index in [-0.39, 0.29) is 16.4 Å². The molecule has 1 amide bonds. The molecule has 0 aliphatic rings. The topological polar surface area (TPSA) is 88.4 Å². The van der Waals surface area contributed by atoms with Crippen LogP contribution in [-0.4, -0.2) is 21.4 Å². The van der Waals surface area contributed by atoms with E-state index in [1.54, 1.807) is 38.3 Å². The van der Waals surface area contributed by atoms with E-state index in [1.165, 1.54) is 13.1 Å². The molecular formula is C21H22N2O4S. The van der Waals surface area contributed by atoms with Gasteiger partial charge in [-0.3, -0.25) is 4.79 Å². The van der Waals surface area contributed by atoms with E-state index in [9.17, 15) is 13.2 Å². The summed E-state index contributed by atoms with van der Waals surface area (Å²) in [6.45, 7) is 3.50. The molecule has 0 bridgehead atoms. The number of benzene rings is 2. The van der Waals surface area contributed by atoms with Crippen LogP contribution in [0.4, 0.5) is 0 Å². The monoisotopic (exact) mass is 398 g/mol. The number of rotatable bonds is 6. The van der Waals surface area contributed by atoms with Gasteiger partial charge in [-0.05, 0) is 61.9 Å². The number of hydrogen-bond acceptors (Lipinski definition) is 4. The van der Waals surface area contributed by atoms with Crippen molar-refractivity contribution in [2.24, 2.45) is 0 Å². The highest BCUT2D eigenvalue weighted by atomic mass is 32.2. The lowest BCUT2D eigenvalue weighted by Crippen LogP contribution is -2.29. The number of furan rings is 1. The van der Waals surface area contributed by atoms with Gasteiger partial charge in [-0.2, -0.15) is 0 Å². The first kappa shape index (κ1) is 19.9. The number of nitrogens with one attached hydrogen (secondary N) is 2. The molecule has 28 heavy (non-hydrogen) atoms. The average Bonchev–Trinajstić information content (AvgIpc) is 3.22. The summed E-state index contributed by atoms with van der Waals surface area (Å²) in [5, 5.41) is 2.95. The second-order valence-electron chi connectivity index (χ2n) is 6.46. The Morgan fingerprint density at radius 1 is 1.04 bits per heavy atom. The summed E-state index contributed by atoms with van der Waals surface area (Å²) in [4.78, 5) is 13.1.